The van der Waals surface area contributed by atoms with E-state index in [-0.39, 0.29) is 11.4 Å². The van der Waals surface area contributed by atoms with Crippen LogP contribution in [0.1, 0.15) is 38.7 Å². The number of anilines is 1. The van der Waals surface area contributed by atoms with Gasteiger partial charge in [-0.2, -0.15) is 0 Å². The molecule has 0 aliphatic carbocycles. The minimum absolute atomic E-state index is 0.145. The van der Waals surface area contributed by atoms with Crippen molar-refractivity contribution in [2.24, 2.45) is 0 Å². The Morgan fingerprint density at radius 1 is 1.35 bits per heavy atom. The number of rotatable bonds is 3. The molecule has 0 unspecified atom stereocenters. The third kappa shape index (κ3) is 3.17. The first-order valence-corrected chi connectivity index (χ1v) is 8.26. The van der Waals surface area contributed by atoms with Crippen molar-refractivity contribution in [3.8, 4) is 0 Å². The summed E-state index contributed by atoms with van der Waals surface area (Å²) in [5, 5.41) is 3.69. The zero-order valence-electron chi connectivity index (χ0n) is 12.6. The quantitative estimate of drug-likeness (QED) is 0.882. The molecule has 1 aliphatic rings. The van der Waals surface area contributed by atoms with Crippen LogP contribution in [0.25, 0.3) is 0 Å². The molecule has 1 aliphatic heterocycles. The van der Waals surface area contributed by atoms with Gasteiger partial charge in [0.2, 0.25) is 0 Å². The maximum Gasteiger partial charge on any atom is 0.139 e. The number of aryl methyl sites for hydroxylation is 1. The molecule has 112 valence electrons. The molecule has 0 radical (unpaired) electrons. The molecule has 1 aromatic carbocycles. The second-order valence-corrected chi connectivity index (χ2v) is 6.60. The summed E-state index contributed by atoms with van der Waals surface area (Å²) in [4.78, 5) is 2.35. The first-order valence-electron chi connectivity index (χ1n) is 7.47. The molecule has 0 spiro atoms. The van der Waals surface area contributed by atoms with Gasteiger partial charge >= 0.3 is 0 Å². The van der Waals surface area contributed by atoms with Gasteiger partial charge in [0, 0.05) is 24.3 Å². The van der Waals surface area contributed by atoms with Crippen LogP contribution in [0.5, 0.6) is 0 Å². The third-order valence-corrected chi connectivity index (χ3v) is 5.14. The lowest BCUT2D eigenvalue weighted by atomic mass is 9.92. The number of nitrogens with one attached hydrogen (secondary N) is 1. The van der Waals surface area contributed by atoms with Gasteiger partial charge < -0.3 is 10.2 Å². The molecule has 0 atom stereocenters. The van der Waals surface area contributed by atoms with Crippen LogP contribution in [-0.2, 0) is 0 Å². The fraction of sp³-hybridized carbons (Fsp3) is 0.625. The minimum atomic E-state index is -0.179. The molecule has 1 saturated heterocycles. The Morgan fingerprint density at radius 3 is 2.70 bits per heavy atom. The summed E-state index contributed by atoms with van der Waals surface area (Å²) in [6.45, 7) is 9.48. The van der Waals surface area contributed by atoms with Gasteiger partial charge in [-0.1, -0.05) is 13.8 Å². The predicted octanol–water partition coefficient (Wildman–Crippen LogP) is 4.26. The van der Waals surface area contributed by atoms with Crippen molar-refractivity contribution >= 4 is 21.6 Å². The van der Waals surface area contributed by atoms with Crippen LogP contribution in [0.4, 0.5) is 10.1 Å². The molecule has 1 heterocycles. The number of hydrogen-bond acceptors (Lipinski definition) is 2. The Hall–Kier alpha value is -0.610. The molecule has 4 heteroatoms. The third-order valence-electron chi connectivity index (χ3n) is 4.53. The van der Waals surface area contributed by atoms with Crippen molar-refractivity contribution in [1.29, 1.82) is 0 Å². The minimum Gasteiger partial charge on any atom is -0.369 e. The lowest BCUT2D eigenvalue weighted by Crippen LogP contribution is -2.50. The van der Waals surface area contributed by atoms with Crippen LogP contribution < -0.4 is 10.2 Å². The zero-order valence-corrected chi connectivity index (χ0v) is 14.2. The molecule has 0 aromatic heterocycles. The largest absolute Gasteiger partial charge is 0.369 e. The van der Waals surface area contributed by atoms with E-state index in [1.54, 1.807) is 6.07 Å². The van der Waals surface area contributed by atoms with E-state index in [2.05, 4.69) is 46.9 Å². The van der Waals surface area contributed by atoms with Crippen LogP contribution in [0.3, 0.4) is 0 Å². The standard InChI is InChI=1S/C16H24BrFN2/c1-4-16(5-2)11-20(8-6-7-19-16)15-10-14(18)13(17)9-12(15)3/h9-10,19H,4-8,11H2,1-3H3. The summed E-state index contributed by atoms with van der Waals surface area (Å²) >= 11 is 3.26. The van der Waals surface area contributed by atoms with Crippen LogP contribution in [0, 0.1) is 12.7 Å². The van der Waals surface area contributed by atoms with Gasteiger partial charge in [-0.15, -0.1) is 0 Å². The lowest BCUT2D eigenvalue weighted by molar-refractivity contribution is 0.321. The maximum absolute atomic E-state index is 13.9. The Bertz CT molecular complexity index is 472. The van der Waals surface area contributed by atoms with Crippen molar-refractivity contribution in [1.82, 2.24) is 5.32 Å². The van der Waals surface area contributed by atoms with E-state index in [1.165, 1.54) is 0 Å². The molecule has 2 rings (SSSR count). The first kappa shape index (κ1) is 15.8. The fourth-order valence-corrected chi connectivity index (χ4v) is 3.49. The van der Waals surface area contributed by atoms with E-state index >= 15 is 0 Å². The monoisotopic (exact) mass is 342 g/mol. The van der Waals surface area contributed by atoms with Gasteiger partial charge in [-0.25, -0.2) is 4.39 Å². The molecule has 1 aromatic rings. The highest BCUT2D eigenvalue weighted by Crippen LogP contribution is 2.30. The van der Waals surface area contributed by atoms with Gasteiger partial charge in [0.05, 0.1) is 4.47 Å². The molecule has 0 amide bonds. The lowest BCUT2D eigenvalue weighted by Gasteiger charge is -2.37. The highest BCUT2D eigenvalue weighted by molar-refractivity contribution is 9.10. The first-order chi connectivity index (χ1) is 9.51. The SMILES string of the molecule is CCC1(CC)CN(c2cc(F)c(Br)cc2C)CCCN1. The van der Waals surface area contributed by atoms with Crippen molar-refractivity contribution in [3.63, 3.8) is 0 Å². The van der Waals surface area contributed by atoms with Gasteiger partial charge in [0.1, 0.15) is 5.82 Å². The summed E-state index contributed by atoms with van der Waals surface area (Å²) in [6.07, 6.45) is 3.29. The Balaban J connectivity index is 2.33. The van der Waals surface area contributed by atoms with Gasteiger partial charge in [0.15, 0.2) is 0 Å². The van der Waals surface area contributed by atoms with Crippen LogP contribution >= 0.6 is 15.9 Å². The van der Waals surface area contributed by atoms with Crippen LogP contribution in [0.2, 0.25) is 0 Å². The van der Waals surface area contributed by atoms with E-state index < -0.39 is 0 Å². The number of nitrogens with zero attached hydrogens (tertiary/aromatic N) is 1. The summed E-state index contributed by atoms with van der Waals surface area (Å²) in [7, 11) is 0. The fourth-order valence-electron chi connectivity index (χ4n) is 3.03. The Kier molecular flexibility index (Phi) is 5.08. The molecule has 20 heavy (non-hydrogen) atoms. The second kappa shape index (κ2) is 6.44. The number of benzene rings is 1. The molecular formula is C16H24BrFN2. The Labute approximate surface area is 129 Å². The topological polar surface area (TPSA) is 15.3 Å². The average Bonchev–Trinajstić information content (AvgIpc) is 2.66. The van der Waals surface area contributed by atoms with Gasteiger partial charge in [-0.05, 0) is 66.4 Å². The summed E-state index contributed by atoms with van der Waals surface area (Å²) in [5.41, 5.74) is 2.30. The van der Waals surface area contributed by atoms with Crippen molar-refractivity contribution in [3.05, 3.63) is 28.0 Å². The second-order valence-electron chi connectivity index (χ2n) is 5.74. The molecule has 0 bridgehead atoms. The van der Waals surface area contributed by atoms with Crippen LogP contribution in [-0.4, -0.2) is 25.2 Å². The zero-order chi connectivity index (χ0) is 14.8. The summed E-state index contributed by atoms with van der Waals surface area (Å²) in [5.74, 6) is -0.179. The molecule has 0 saturated carbocycles. The molecular weight excluding hydrogens is 319 g/mol. The normalized spacial score (nSPS) is 18.9. The van der Waals surface area contributed by atoms with E-state index in [0.717, 1.165) is 50.1 Å². The van der Waals surface area contributed by atoms with Crippen LogP contribution in [0.15, 0.2) is 16.6 Å². The average molecular weight is 343 g/mol. The highest BCUT2D eigenvalue weighted by Gasteiger charge is 2.31. The van der Waals surface area contributed by atoms with Gasteiger partial charge in [-0.3, -0.25) is 0 Å². The summed E-state index contributed by atoms with van der Waals surface area (Å²) in [6, 6.07) is 3.55. The van der Waals surface area contributed by atoms with Crippen molar-refractivity contribution < 1.29 is 4.39 Å². The van der Waals surface area contributed by atoms with E-state index in [4.69, 9.17) is 0 Å². The number of halogens is 2. The van der Waals surface area contributed by atoms with E-state index in [1.807, 2.05) is 6.07 Å². The Morgan fingerprint density at radius 2 is 2.05 bits per heavy atom. The molecule has 2 nitrogen and oxygen atoms in total. The maximum atomic E-state index is 13.9. The molecule has 1 fully saturated rings. The highest BCUT2D eigenvalue weighted by atomic mass is 79.9. The van der Waals surface area contributed by atoms with E-state index in [9.17, 15) is 4.39 Å². The number of hydrogen-bond donors (Lipinski definition) is 1. The molecule has 1 N–H and O–H groups in total. The van der Waals surface area contributed by atoms with Crippen molar-refractivity contribution in [2.45, 2.75) is 45.6 Å². The van der Waals surface area contributed by atoms with Crippen molar-refractivity contribution in [2.75, 3.05) is 24.5 Å². The summed E-state index contributed by atoms with van der Waals surface area (Å²) < 4.78 is 14.4. The van der Waals surface area contributed by atoms with Gasteiger partial charge in [0.25, 0.3) is 0 Å². The smallest absolute Gasteiger partial charge is 0.139 e. The predicted molar refractivity (Wildman–Crippen MR) is 87.0 cm³/mol. The van der Waals surface area contributed by atoms with E-state index in [0.29, 0.717) is 4.47 Å².